The first-order chi connectivity index (χ1) is 12.7. The van der Waals surface area contributed by atoms with Gasteiger partial charge in [-0.05, 0) is 0 Å². The van der Waals surface area contributed by atoms with Gasteiger partial charge in [0.05, 0.1) is 6.61 Å². The molecule has 2 rings (SSSR count). The number of hydrogen-bond acceptors (Lipinski definition) is 9. The van der Waals surface area contributed by atoms with Gasteiger partial charge in [-0.25, -0.2) is 0 Å². The Kier molecular flexibility index (Phi) is 8.16. The minimum Gasteiger partial charge on any atom is -0.395 e. The number of aromatic nitrogens is 3. The number of methoxy groups -OCH3 is 3. The summed E-state index contributed by atoms with van der Waals surface area (Å²) in [5.41, 5.74) is 0.855. The maximum absolute atomic E-state index is 9.34. The van der Waals surface area contributed by atoms with Crippen LogP contribution in [-0.4, -0.2) is 74.7 Å². The van der Waals surface area contributed by atoms with Gasteiger partial charge in [0.2, 0.25) is 11.9 Å². The molecule has 0 amide bonds. The van der Waals surface area contributed by atoms with Crippen molar-refractivity contribution in [1.29, 1.82) is 0 Å². The smallest absolute Gasteiger partial charge is 0.234 e. The maximum atomic E-state index is 9.34. The van der Waals surface area contributed by atoms with E-state index in [0.717, 1.165) is 5.56 Å². The third-order valence-corrected chi connectivity index (χ3v) is 3.43. The molecule has 9 heteroatoms. The Hall–Kier alpha value is -2.33. The van der Waals surface area contributed by atoms with Crippen LogP contribution in [0.1, 0.15) is 0 Å². The first-order valence-corrected chi connectivity index (χ1v) is 8.12. The van der Waals surface area contributed by atoms with Gasteiger partial charge in [0, 0.05) is 33.4 Å². The topological polar surface area (TPSA) is 93.1 Å². The largest absolute Gasteiger partial charge is 0.395 e. The van der Waals surface area contributed by atoms with Crippen molar-refractivity contribution in [2.45, 2.75) is 0 Å². The minimum absolute atomic E-state index is 0.0507. The van der Waals surface area contributed by atoms with Crippen LogP contribution in [-0.2, 0) is 14.2 Å². The lowest BCUT2D eigenvalue weighted by Crippen LogP contribution is -2.33. The summed E-state index contributed by atoms with van der Waals surface area (Å²) in [6.07, 6.45) is 0. The van der Waals surface area contributed by atoms with Crippen molar-refractivity contribution < 1.29 is 19.3 Å². The average Bonchev–Trinajstić information content (AvgIpc) is 2.68. The van der Waals surface area contributed by atoms with Crippen molar-refractivity contribution in [2.24, 2.45) is 0 Å². The van der Waals surface area contributed by atoms with E-state index in [-0.39, 0.29) is 26.8 Å². The van der Waals surface area contributed by atoms with E-state index in [4.69, 9.17) is 14.2 Å². The fraction of sp³-hybridized carbons (Fsp3) is 0.471. The summed E-state index contributed by atoms with van der Waals surface area (Å²) in [5, 5.41) is 9.34. The van der Waals surface area contributed by atoms with Gasteiger partial charge < -0.3 is 24.2 Å². The van der Waals surface area contributed by atoms with Crippen molar-refractivity contribution in [3.05, 3.63) is 30.3 Å². The Morgan fingerprint density at radius 1 is 0.808 bits per heavy atom. The van der Waals surface area contributed by atoms with Crippen molar-refractivity contribution in [3.63, 3.8) is 0 Å². The van der Waals surface area contributed by atoms with Gasteiger partial charge in [-0.1, -0.05) is 30.3 Å². The summed E-state index contributed by atoms with van der Waals surface area (Å²) in [7, 11) is 4.75. The first-order valence-electron chi connectivity index (χ1n) is 8.12. The Labute approximate surface area is 153 Å². The number of anilines is 2. The summed E-state index contributed by atoms with van der Waals surface area (Å²) < 4.78 is 15.6. The Morgan fingerprint density at radius 2 is 1.35 bits per heavy atom. The highest BCUT2D eigenvalue weighted by Crippen LogP contribution is 2.21. The number of benzene rings is 1. The van der Waals surface area contributed by atoms with Crippen LogP contribution in [0, 0.1) is 0 Å². The Balaban J connectivity index is 2.50. The van der Waals surface area contributed by atoms with Crippen LogP contribution in [0.15, 0.2) is 30.3 Å². The summed E-state index contributed by atoms with van der Waals surface area (Å²) in [5.74, 6) is 1.33. The first kappa shape index (κ1) is 20.0. The van der Waals surface area contributed by atoms with Gasteiger partial charge in [0.1, 0.15) is 20.2 Å². The predicted molar refractivity (Wildman–Crippen MR) is 97.8 cm³/mol. The molecule has 0 unspecified atom stereocenters. The van der Waals surface area contributed by atoms with Crippen LogP contribution in [0.3, 0.4) is 0 Å². The van der Waals surface area contributed by atoms with Gasteiger partial charge in [0.15, 0.2) is 5.82 Å². The standard InChI is InChI=1S/C17H25N5O4/c1-24-11-21(9-10-23)16-18-15(14-7-5-4-6-8-14)19-17(20-16)22(12-25-2)13-26-3/h4-8,23H,9-13H2,1-3H3. The van der Waals surface area contributed by atoms with E-state index in [2.05, 4.69) is 15.0 Å². The highest BCUT2D eigenvalue weighted by molar-refractivity contribution is 5.58. The molecule has 1 aromatic heterocycles. The van der Waals surface area contributed by atoms with Crippen LogP contribution in [0.5, 0.6) is 0 Å². The molecule has 1 N–H and O–H groups in total. The number of hydrogen-bond donors (Lipinski definition) is 1. The van der Waals surface area contributed by atoms with Crippen molar-refractivity contribution >= 4 is 11.9 Å². The highest BCUT2D eigenvalue weighted by atomic mass is 16.5. The van der Waals surface area contributed by atoms with E-state index < -0.39 is 0 Å². The Morgan fingerprint density at radius 3 is 1.88 bits per heavy atom. The second-order valence-electron chi connectivity index (χ2n) is 5.41. The summed E-state index contributed by atoms with van der Waals surface area (Å²) in [6.45, 7) is 1.05. The molecule has 2 aromatic rings. The van der Waals surface area contributed by atoms with E-state index in [9.17, 15) is 5.11 Å². The fourth-order valence-electron chi connectivity index (χ4n) is 2.32. The molecule has 0 atom stereocenters. The van der Waals surface area contributed by atoms with Gasteiger partial charge in [-0.15, -0.1) is 0 Å². The summed E-state index contributed by atoms with van der Waals surface area (Å²) >= 11 is 0. The third-order valence-electron chi connectivity index (χ3n) is 3.43. The molecule has 1 aromatic carbocycles. The van der Waals surface area contributed by atoms with Crippen LogP contribution in [0.25, 0.3) is 11.4 Å². The average molecular weight is 363 g/mol. The van der Waals surface area contributed by atoms with Gasteiger partial charge >= 0.3 is 0 Å². The van der Waals surface area contributed by atoms with E-state index >= 15 is 0 Å². The van der Waals surface area contributed by atoms with E-state index in [1.165, 1.54) is 0 Å². The van der Waals surface area contributed by atoms with Crippen molar-refractivity contribution in [2.75, 3.05) is 64.5 Å². The predicted octanol–water partition coefficient (Wildman–Crippen LogP) is 0.955. The number of nitrogens with zero attached hydrogens (tertiary/aromatic N) is 5. The summed E-state index contributed by atoms with van der Waals surface area (Å²) in [6, 6.07) is 9.61. The van der Waals surface area contributed by atoms with Gasteiger partial charge in [0.25, 0.3) is 0 Å². The zero-order valence-corrected chi connectivity index (χ0v) is 15.3. The zero-order chi connectivity index (χ0) is 18.8. The molecule has 0 saturated carbocycles. The second-order valence-corrected chi connectivity index (χ2v) is 5.41. The lowest BCUT2D eigenvalue weighted by Gasteiger charge is -2.25. The highest BCUT2D eigenvalue weighted by Gasteiger charge is 2.18. The molecule has 9 nitrogen and oxygen atoms in total. The van der Waals surface area contributed by atoms with Gasteiger partial charge in [-0.3, -0.25) is 4.90 Å². The van der Waals surface area contributed by atoms with Gasteiger partial charge in [-0.2, -0.15) is 15.0 Å². The lowest BCUT2D eigenvalue weighted by atomic mass is 10.2. The van der Waals surface area contributed by atoms with Crippen molar-refractivity contribution in [3.8, 4) is 11.4 Å². The number of aliphatic hydroxyl groups excluding tert-OH is 1. The zero-order valence-electron chi connectivity index (χ0n) is 15.3. The molecule has 142 valence electrons. The van der Waals surface area contributed by atoms with Crippen LogP contribution >= 0.6 is 0 Å². The van der Waals surface area contributed by atoms with E-state index in [0.29, 0.717) is 24.3 Å². The monoisotopic (exact) mass is 363 g/mol. The molecule has 26 heavy (non-hydrogen) atoms. The number of ether oxygens (including phenoxy) is 3. The third kappa shape index (κ3) is 5.33. The molecular weight excluding hydrogens is 338 g/mol. The molecule has 0 bridgehead atoms. The normalized spacial score (nSPS) is 10.8. The molecule has 0 spiro atoms. The molecule has 0 aliphatic rings. The minimum atomic E-state index is -0.0507. The van der Waals surface area contributed by atoms with Crippen LogP contribution in [0.4, 0.5) is 11.9 Å². The molecule has 0 saturated heterocycles. The van der Waals surface area contributed by atoms with E-state index in [1.54, 1.807) is 31.1 Å². The fourth-order valence-corrected chi connectivity index (χ4v) is 2.32. The van der Waals surface area contributed by atoms with Crippen LogP contribution < -0.4 is 9.80 Å². The Bertz CT molecular complexity index is 613. The summed E-state index contributed by atoms with van der Waals surface area (Å²) in [4.78, 5) is 17.1. The lowest BCUT2D eigenvalue weighted by molar-refractivity contribution is 0.138. The molecule has 0 radical (unpaired) electrons. The molecule has 1 heterocycles. The second kappa shape index (κ2) is 10.6. The number of rotatable bonds is 11. The SMILES string of the molecule is COCN(CCO)c1nc(-c2ccccc2)nc(N(COC)COC)n1. The van der Waals surface area contributed by atoms with E-state index in [1.807, 2.05) is 30.3 Å². The van der Waals surface area contributed by atoms with Crippen LogP contribution in [0.2, 0.25) is 0 Å². The molecular formula is C17H25N5O4. The molecule has 0 aliphatic heterocycles. The molecule has 0 fully saturated rings. The quantitative estimate of drug-likeness (QED) is 0.586. The molecule has 0 aliphatic carbocycles. The maximum Gasteiger partial charge on any atom is 0.234 e. The van der Waals surface area contributed by atoms with Crippen molar-refractivity contribution in [1.82, 2.24) is 15.0 Å². The number of aliphatic hydroxyl groups is 1.